The van der Waals surface area contributed by atoms with E-state index < -0.39 is 5.91 Å². The van der Waals surface area contributed by atoms with Crippen LogP contribution in [0.5, 0.6) is 5.75 Å². The summed E-state index contributed by atoms with van der Waals surface area (Å²) in [6.45, 7) is 2.06. The summed E-state index contributed by atoms with van der Waals surface area (Å²) in [5, 5.41) is 0.344. The predicted molar refractivity (Wildman–Crippen MR) is 67.5 cm³/mol. The minimum absolute atomic E-state index is 0.200. The van der Waals surface area contributed by atoms with Gasteiger partial charge in [-0.2, -0.15) is 0 Å². The van der Waals surface area contributed by atoms with Gasteiger partial charge in [-0.15, -0.1) is 0 Å². The van der Waals surface area contributed by atoms with Crippen LogP contribution in [0.25, 0.3) is 0 Å². The van der Waals surface area contributed by atoms with E-state index >= 15 is 0 Å². The number of carbonyl (C=O) groups is 1. The number of benzene rings is 1. The summed E-state index contributed by atoms with van der Waals surface area (Å²) in [6.07, 6.45) is 4.31. The first-order valence-electron chi connectivity index (χ1n) is 5.79. The Morgan fingerprint density at radius 3 is 2.65 bits per heavy atom. The van der Waals surface area contributed by atoms with Gasteiger partial charge in [-0.3, -0.25) is 4.79 Å². The van der Waals surface area contributed by atoms with E-state index in [2.05, 4.69) is 6.92 Å². The Kier molecular flexibility index (Phi) is 3.29. The van der Waals surface area contributed by atoms with E-state index in [-0.39, 0.29) is 11.2 Å². The van der Waals surface area contributed by atoms with Crippen LogP contribution < -0.4 is 10.5 Å². The number of amides is 1. The molecule has 92 valence electrons. The van der Waals surface area contributed by atoms with Crippen molar-refractivity contribution >= 4 is 17.5 Å². The molecule has 1 aromatic carbocycles. The molecular weight excluding hydrogens is 238 g/mol. The molecule has 1 aliphatic rings. The number of rotatable bonds is 3. The molecule has 2 rings (SSSR count). The lowest BCUT2D eigenvalue weighted by molar-refractivity contribution is 0.0899. The third-order valence-electron chi connectivity index (χ3n) is 3.24. The van der Waals surface area contributed by atoms with Gasteiger partial charge < -0.3 is 10.5 Å². The third kappa shape index (κ3) is 2.55. The molecule has 1 aliphatic carbocycles. The molecule has 0 aliphatic heterocycles. The van der Waals surface area contributed by atoms with Crippen molar-refractivity contribution in [3.63, 3.8) is 0 Å². The molecule has 2 N–H and O–H groups in total. The van der Waals surface area contributed by atoms with Gasteiger partial charge in [0.2, 0.25) is 0 Å². The summed E-state index contributed by atoms with van der Waals surface area (Å²) in [6, 6.07) is 5.16. The van der Waals surface area contributed by atoms with Crippen molar-refractivity contribution in [2.75, 3.05) is 0 Å². The van der Waals surface area contributed by atoms with Crippen molar-refractivity contribution in [1.82, 2.24) is 0 Å². The molecule has 0 atom stereocenters. The maximum absolute atomic E-state index is 11.4. The average Bonchev–Trinajstić information content (AvgIpc) is 2.64. The SMILES string of the molecule is CC1(Oc2cccc(Cl)c2C(N)=O)CCCC1. The maximum atomic E-state index is 11.4. The van der Waals surface area contributed by atoms with Crippen LogP contribution in [-0.4, -0.2) is 11.5 Å². The topological polar surface area (TPSA) is 52.3 Å². The van der Waals surface area contributed by atoms with Gasteiger partial charge in [0, 0.05) is 0 Å². The van der Waals surface area contributed by atoms with E-state index in [1.54, 1.807) is 18.2 Å². The summed E-state index contributed by atoms with van der Waals surface area (Å²) in [4.78, 5) is 11.4. The van der Waals surface area contributed by atoms with Crippen LogP contribution in [0.2, 0.25) is 5.02 Å². The number of hydrogen-bond acceptors (Lipinski definition) is 2. The first-order chi connectivity index (χ1) is 8.02. The largest absolute Gasteiger partial charge is 0.487 e. The molecule has 0 aromatic heterocycles. The van der Waals surface area contributed by atoms with Crippen LogP contribution in [0.4, 0.5) is 0 Å². The number of ether oxygens (including phenoxy) is 1. The number of halogens is 1. The summed E-state index contributed by atoms with van der Waals surface area (Å²) in [7, 11) is 0. The van der Waals surface area contributed by atoms with Gasteiger partial charge in [0.15, 0.2) is 0 Å². The Labute approximate surface area is 106 Å². The second kappa shape index (κ2) is 4.57. The van der Waals surface area contributed by atoms with Gasteiger partial charge in [0.05, 0.1) is 10.6 Å². The summed E-state index contributed by atoms with van der Waals surface area (Å²) >= 11 is 5.97. The summed E-state index contributed by atoms with van der Waals surface area (Å²) in [5.74, 6) is -0.0541. The molecule has 4 heteroatoms. The van der Waals surface area contributed by atoms with E-state index in [0.717, 1.165) is 25.7 Å². The normalized spacial score (nSPS) is 18.0. The first kappa shape index (κ1) is 12.2. The van der Waals surface area contributed by atoms with Crippen LogP contribution >= 0.6 is 11.6 Å². The fourth-order valence-electron chi connectivity index (χ4n) is 2.32. The zero-order chi connectivity index (χ0) is 12.5. The van der Waals surface area contributed by atoms with Crippen molar-refractivity contribution in [3.8, 4) is 5.75 Å². The highest BCUT2D eigenvalue weighted by molar-refractivity contribution is 6.34. The zero-order valence-corrected chi connectivity index (χ0v) is 10.6. The van der Waals surface area contributed by atoms with E-state index in [9.17, 15) is 4.79 Å². The van der Waals surface area contributed by atoms with Crippen LogP contribution in [-0.2, 0) is 0 Å². The summed E-state index contributed by atoms with van der Waals surface area (Å²) < 4.78 is 5.95. The second-order valence-electron chi connectivity index (χ2n) is 4.74. The lowest BCUT2D eigenvalue weighted by Crippen LogP contribution is -2.29. The highest BCUT2D eigenvalue weighted by Crippen LogP contribution is 2.36. The van der Waals surface area contributed by atoms with Crippen LogP contribution in [0.15, 0.2) is 18.2 Å². The Morgan fingerprint density at radius 1 is 1.41 bits per heavy atom. The number of nitrogens with two attached hydrogens (primary N) is 1. The number of carbonyl (C=O) groups excluding carboxylic acids is 1. The minimum Gasteiger partial charge on any atom is -0.487 e. The molecule has 1 fully saturated rings. The molecule has 1 saturated carbocycles. The second-order valence-corrected chi connectivity index (χ2v) is 5.14. The molecule has 0 radical (unpaired) electrons. The fourth-order valence-corrected chi connectivity index (χ4v) is 2.58. The quantitative estimate of drug-likeness (QED) is 0.900. The molecular formula is C13H16ClNO2. The molecule has 0 heterocycles. The van der Waals surface area contributed by atoms with Crippen LogP contribution in [0.3, 0.4) is 0 Å². The lowest BCUT2D eigenvalue weighted by Gasteiger charge is -2.26. The highest BCUT2D eigenvalue weighted by Gasteiger charge is 2.32. The van der Waals surface area contributed by atoms with Crippen molar-refractivity contribution in [2.24, 2.45) is 5.73 Å². The molecule has 3 nitrogen and oxygen atoms in total. The van der Waals surface area contributed by atoms with E-state index in [1.165, 1.54) is 0 Å². The van der Waals surface area contributed by atoms with Gasteiger partial charge in [-0.25, -0.2) is 0 Å². The lowest BCUT2D eigenvalue weighted by atomic mass is 10.0. The maximum Gasteiger partial charge on any atom is 0.253 e. The molecule has 17 heavy (non-hydrogen) atoms. The average molecular weight is 254 g/mol. The van der Waals surface area contributed by atoms with E-state index in [1.807, 2.05) is 0 Å². The third-order valence-corrected chi connectivity index (χ3v) is 3.55. The molecule has 1 aromatic rings. The Balaban J connectivity index is 2.32. The molecule has 0 saturated heterocycles. The summed E-state index contributed by atoms with van der Waals surface area (Å²) in [5.41, 5.74) is 5.41. The highest BCUT2D eigenvalue weighted by atomic mass is 35.5. The molecule has 1 amide bonds. The van der Waals surface area contributed by atoms with Crippen LogP contribution in [0.1, 0.15) is 43.0 Å². The van der Waals surface area contributed by atoms with Crippen molar-refractivity contribution < 1.29 is 9.53 Å². The van der Waals surface area contributed by atoms with Gasteiger partial charge >= 0.3 is 0 Å². The molecule has 0 unspecified atom stereocenters. The molecule has 0 bridgehead atoms. The van der Waals surface area contributed by atoms with E-state index in [4.69, 9.17) is 22.1 Å². The zero-order valence-electron chi connectivity index (χ0n) is 9.83. The molecule has 0 spiro atoms. The van der Waals surface area contributed by atoms with Crippen molar-refractivity contribution in [3.05, 3.63) is 28.8 Å². The Hall–Kier alpha value is -1.22. The van der Waals surface area contributed by atoms with Crippen LogP contribution in [0, 0.1) is 0 Å². The predicted octanol–water partition coefficient (Wildman–Crippen LogP) is 3.15. The monoisotopic (exact) mass is 253 g/mol. The Bertz CT molecular complexity index is 439. The first-order valence-corrected chi connectivity index (χ1v) is 6.17. The number of hydrogen-bond donors (Lipinski definition) is 1. The smallest absolute Gasteiger partial charge is 0.253 e. The van der Waals surface area contributed by atoms with Gasteiger partial charge in [0.25, 0.3) is 5.91 Å². The number of primary amides is 1. The van der Waals surface area contributed by atoms with Gasteiger partial charge in [0.1, 0.15) is 11.4 Å². The standard InChI is InChI=1S/C13H16ClNO2/c1-13(7-2-3-8-13)17-10-6-4-5-9(14)11(10)12(15)16/h4-6H,2-3,7-8H2,1H3,(H2,15,16). The van der Waals surface area contributed by atoms with E-state index in [0.29, 0.717) is 10.8 Å². The van der Waals surface area contributed by atoms with Crippen molar-refractivity contribution in [1.29, 1.82) is 0 Å². The van der Waals surface area contributed by atoms with Gasteiger partial charge in [-0.1, -0.05) is 17.7 Å². The van der Waals surface area contributed by atoms with Gasteiger partial charge in [-0.05, 0) is 44.7 Å². The Morgan fingerprint density at radius 2 is 2.06 bits per heavy atom. The minimum atomic E-state index is -0.549. The van der Waals surface area contributed by atoms with Crippen molar-refractivity contribution in [2.45, 2.75) is 38.2 Å². The fraction of sp³-hybridized carbons (Fsp3) is 0.462.